The minimum absolute atomic E-state index is 0.295. The number of ether oxygens (including phenoxy) is 2. The number of thioether (sulfide) groups is 1. The molecule has 0 spiro atoms. The number of rotatable bonds is 7. The lowest BCUT2D eigenvalue weighted by atomic mass is 10.2. The van der Waals surface area contributed by atoms with E-state index in [9.17, 15) is 14.4 Å². The summed E-state index contributed by atoms with van der Waals surface area (Å²) >= 11 is 1.38. The molecule has 8 heteroatoms. The Morgan fingerprint density at radius 2 is 1.73 bits per heavy atom. The predicted molar refractivity (Wildman–Crippen MR) is 101 cm³/mol. The second kappa shape index (κ2) is 8.93. The van der Waals surface area contributed by atoms with E-state index >= 15 is 0 Å². The van der Waals surface area contributed by atoms with Gasteiger partial charge < -0.3 is 14.8 Å². The summed E-state index contributed by atoms with van der Waals surface area (Å²) in [6.45, 7) is 3.49. The standard InChI is InChI=1S/C18H24N2O5S/c1-5-14-17(22)20(18(23)15(6-2)26-14)10-16(21)19-12-9-11(24-3)7-8-13(12)25-4/h7-9,14-15H,5-6,10H2,1-4H3,(H,19,21). The molecule has 1 saturated heterocycles. The number of imide groups is 1. The van der Waals surface area contributed by atoms with Crippen LogP contribution in [0.25, 0.3) is 0 Å². The van der Waals surface area contributed by atoms with Gasteiger partial charge in [-0.15, -0.1) is 11.8 Å². The van der Waals surface area contributed by atoms with E-state index in [0.717, 1.165) is 4.90 Å². The molecule has 2 atom stereocenters. The van der Waals surface area contributed by atoms with Crippen molar-refractivity contribution in [2.45, 2.75) is 37.2 Å². The van der Waals surface area contributed by atoms with Crippen LogP contribution >= 0.6 is 11.8 Å². The molecule has 1 heterocycles. The number of hydrogen-bond donors (Lipinski definition) is 1. The average molecular weight is 380 g/mol. The Balaban J connectivity index is 2.15. The smallest absolute Gasteiger partial charge is 0.244 e. The molecule has 0 aliphatic carbocycles. The van der Waals surface area contributed by atoms with E-state index < -0.39 is 5.91 Å². The number of carbonyl (C=O) groups excluding carboxylic acids is 3. The first kappa shape index (κ1) is 20.1. The van der Waals surface area contributed by atoms with Crippen LogP contribution in [-0.2, 0) is 14.4 Å². The van der Waals surface area contributed by atoms with Gasteiger partial charge in [0, 0.05) is 6.07 Å². The van der Waals surface area contributed by atoms with Gasteiger partial charge in [0.1, 0.15) is 18.0 Å². The van der Waals surface area contributed by atoms with Gasteiger partial charge in [0.05, 0.1) is 30.4 Å². The molecule has 142 valence electrons. The Hall–Kier alpha value is -2.22. The van der Waals surface area contributed by atoms with Crippen LogP contribution in [0.1, 0.15) is 26.7 Å². The first-order valence-electron chi connectivity index (χ1n) is 8.47. The lowest BCUT2D eigenvalue weighted by Crippen LogP contribution is -2.53. The molecule has 1 aromatic rings. The zero-order valence-corrected chi connectivity index (χ0v) is 16.2. The summed E-state index contributed by atoms with van der Waals surface area (Å²) in [5.41, 5.74) is 0.419. The number of anilines is 1. The van der Waals surface area contributed by atoms with E-state index in [-0.39, 0.29) is 28.9 Å². The average Bonchev–Trinajstić information content (AvgIpc) is 2.65. The molecule has 2 unspecified atom stereocenters. The fourth-order valence-electron chi connectivity index (χ4n) is 2.71. The van der Waals surface area contributed by atoms with Crippen molar-refractivity contribution >= 4 is 35.2 Å². The van der Waals surface area contributed by atoms with Gasteiger partial charge in [0.25, 0.3) is 0 Å². The van der Waals surface area contributed by atoms with E-state index in [2.05, 4.69) is 5.32 Å². The van der Waals surface area contributed by atoms with Gasteiger partial charge in [0.15, 0.2) is 0 Å². The largest absolute Gasteiger partial charge is 0.497 e. The summed E-state index contributed by atoms with van der Waals surface area (Å²) in [5, 5.41) is 2.10. The minimum Gasteiger partial charge on any atom is -0.497 e. The van der Waals surface area contributed by atoms with Crippen molar-refractivity contribution in [1.29, 1.82) is 0 Å². The van der Waals surface area contributed by atoms with E-state index in [4.69, 9.17) is 9.47 Å². The van der Waals surface area contributed by atoms with Crippen molar-refractivity contribution in [3.63, 3.8) is 0 Å². The molecule has 0 radical (unpaired) electrons. The normalized spacial score (nSPS) is 20.1. The summed E-state index contributed by atoms with van der Waals surface area (Å²) in [6, 6.07) is 5.00. The summed E-state index contributed by atoms with van der Waals surface area (Å²) in [7, 11) is 3.01. The molecule has 3 amide bonds. The number of hydrogen-bond acceptors (Lipinski definition) is 6. The number of carbonyl (C=O) groups is 3. The number of nitrogens with zero attached hydrogens (tertiary/aromatic N) is 1. The third kappa shape index (κ3) is 4.30. The molecule has 7 nitrogen and oxygen atoms in total. The SMILES string of the molecule is CCC1SC(CC)C(=O)N(CC(=O)Nc2cc(OC)ccc2OC)C1=O. The molecule has 1 fully saturated rings. The van der Waals surface area contributed by atoms with E-state index in [1.807, 2.05) is 13.8 Å². The number of amides is 3. The molecule has 1 N–H and O–H groups in total. The van der Waals surface area contributed by atoms with Crippen molar-refractivity contribution in [1.82, 2.24) is 4.90 Å². The van der Waals surface area contributed by atoms with Crippen molar-refractivity contribution < 1.29 is 23.9 Å². The summed E-state index contributed by atoms with van der Waals surface area (Å²) in [4.78, 5) is 38.5. The highest BCUT2D eigenvalue weighted by Crippen LogP contribution is 2.32. The first-order valence-corrected chi connectivity index (χ1v) is 9.41. The topological polar surface area (TPSA) is 84.9 Å². The number of nitrogens with one attached hydrogen (secondary N) is 1. The first-order chi connectivity index (χ1) is 12.4. The Morgan fingerprint density at radius 3 is 2.23 bits per heavy atom. The summed E-state index contributed by atoms with van der Waals surface area (Å²) < 4.78 is 10.4. The van der Waals surface area contributed by atoms with Crippen LogP contribution in [0.2, 0.25) is 0 Å². The van der Waals surface area contributed by atoms with E-state index in [1.54, 1.807) is 18.2 Å². The maximum absolute atomic E-state index is 12.5. The van der Waals surface area contributed by atoms with Crippen molar-refractivity contribution in [2.24, 2.45) is 0 Å². The third-order valence-corrected chi connectivity index (χ3v) is 5.86. The molecular weight excluding hydrogens is 356 g/mol. The van der Waals surface area contributed by atoms with Gasteiger partial charge in [-0.25, -0.2) is 0 Å². The molecule has 0 bridgehead atoms. The fraction of sp³-hybridized carbons (Fsp3) is 0.500. The van der Waals surface area contributed by atoms with Gasteiger partial charge in [-0.2, -0.15) is 0 Å². The Kier molecular flexibility index (Phi) is 6.90. The molecule has 2 rings (SSSR count). The zero-order valence-electron chi connectivity index (χ0n) is 15.4. The van der Waals surface area contributed by atoms with E-state index in [1.165, 1.54) is 26.0 Å². The van der Waals surface area contributed by atoms with Crippen LogP contribution < -0.4 is 14.8 Å². The monoisotopic (exact) mass is 380 g/mol. The molecule has 1 aliphatic heterocycles. The minimum atomic E-state index is -0.463. The van der Waals surface area contributed by atoms with Gasteiger partial charge in [-0.05, 0) is 25.0 Å². The molecular formula is C18H24N2O5S. The zero-order chi connectivity index (χ0) is 19.3. The fourth-order valence-corrected chi connectivity index (χ4v) is 3.98. The Bertz CT molecular complexity index is 672. The number of methoxy groups -OCH3 is 2. The van der Waals surface area contributed by atoms with Crippen LogP contribution in [0.15, 0.2) is 18.2 Å². The van der Waals surface area contributed by atoms with Gasteiger partial charge in [-0.3, -0.25) is 19.3 Å². The van der Waals surface area contributed by atoms with Crippen molar-refractivity contribution in [2.75, 3.05) is 26.1 Å². The summed E-state index contributed by atoms with van der Waals surface area (Å²) in [5.74, 6) is -0.0571. The highest BCUT2D eigenvalue weighted by atomic mass is 32.2. The Labute approximate surface area is 157 Å². The van der Waals surface area contributed by atoms with Crippen LogP contribution in [0.3, 0.4) is 0 Å². The Morgan fingerprint density at radius 1 is 1.12 bits per heavy atom. The molecule has 26 heavy (non-hydrogen) atoms. The lowest BCUT2D eigenvalue weighted by molar-refractivity contribution is -0.147. The van der Waals surface area contributed by atoms with E-state index in [0.29, 0.717) is 30.0 Å². The molecule has 1 aliphatic rings. The molecule has 0 saturated carbocycles. The van der Waals surface area contributed by atoms with Crippen LogP contribution in [0, 0.1) is 0 Å². The third-order valence-electron chi connectivity index (χ3n) is 4.14. The highest BCUT2D eigenvalue weighted by molar-refractivity contribution is 8.02. The lowest BCUT2D eigenvalue weighted by Gasteiger charge is -2.34. The second-order valence-corrected chi connectivity index (χ2v) is 7.22. The summed E-state index contributed by atoms with van der Waals surface area (Å²) in [6.07, 6.45) is 1.24. The van der Waals surface area contributed by atoms with Crippen LogP contribution in [0.4, 0.5) is 5.69 Å². The predicted octanol–water partition coefficient (Wildman–Crippen LogP) is 2.30. The van der Waals surface area contributed by atoms with Gasteiger partial charge in [0.2, 0.25) is 17.7 Å². The molecule has 0 aromatic heterocycles. The maximum atomic E-state index is 12.5. The quantitative estimate of drug-likeness (QED) is 0.731. The van der Waals surface area contributed by atoms with Gasteiger partial charge in [-0.1, -0.05) is 13.8 Å². The van der Waals surface area contributed by atoms with Crippen LogP contribution in [-0.4, -0.2) is 53.9 Å². The highest BCUT2D eigenvalue weighted by Gasteiger charge is 2.40. The van der Waals surface area contributed by atoms with Crippen molar-refractivity contribution in [3.05, 3.63) is 18.2 Å². The molecule has 1 aromatic carbocycles. The maximum Gasteiger partial charge on any atom is 0.244 e. The number of benzene rings is 1. The van der Waals surface area contributed by atoms with Crippen molar-refractivity contribution in [3.8, 4) is 11.5 Å². The van der Waals surface area contributed by atoms with Gasteiger partial charge >= 0.3 is 0 Å². The second-order valence-electron chi connectivity index (χ2n) is 5.81. The van der Waals surface area contributed by atoms with Crippen LogP contribution in [0.5, 0.6) is 11.5 Å².